The Morgan fingerprint density at radius 2 is 2.26 bits per heavy atom. The van der Waals surface area contributed by atoms with E-state index in [1.807, 2.05) is 0 Å². The average molecular weight is 262 g/mol. The molecule has 5 nitrogen and oxygen atoms in total. The first-order valence-corrected chi connectivity index (χ1v) is 5.86. The number of amides is 1. The topological polar surface area (TPSA) is 83.8 Å². The molecule has 1 aromatic heterocycles. The lowest BCUT2D eigenvalue weighted by Crippen LogP contribution is -2.27. The maximum atomic E-state index is 13.1. The number of nitrogen functional groups attached to an aromatic ring is 1. The summed E-state index contributed by atoms with van der Waals surface area (Å²) in [6.45, 7) is 3.49. The molecule has 2 rings (SSSR count). The Balaban J connectivity index is 2.15. The third kappa shape index (κ3) is 2.73. The summed E-state index contributed by atoms with van der Waals surface area (Å²) in [7, 11) is 0. The van der Waals surface area contributed by atoms with Crippen molar-refractivity contribution in [3.05, 3.63) is 46.9 Å². The molecule has 0 aliphatic heterocycles. The van der Waals surface area contributed by atoms with Crippen LogP contribution in [-0.2, 0) is 0 Å². The van der Waals surface area contributed by atoms with E-state index < -0.39 is 0 Å². The summed E-state index contributed by atoms with van der Waals surface area (Å²) in [5, 5.41) is 9.17. The van der Waals surface area contributed by atoms with Crippen molar-refractivity contribution in [2.45, 2.75) is 19.9 Å². The quantitative estimate of drug-likeness (QED) is 0.790. The van der Waals surface area contributed by atoms with Gasteiger partial charge in [-0.15, -0.1) is 0 Å². The molecule has 0 aliphatic carbocycles. The number of rotatable bonds is 3. The molecule has 0 radical (unpaired) electrons. The lowest BCUT2D eigenvalue weighted by atomic mass is 10.1. The number of aromatic amines is 1. The van der Waals surface area contributed by atoms with E-state index in [0.29, 0.717) is 16.8 Å². The third-order valence-corrected chi connectivity index (χ3v) is 2.90. The minimum absolute atomic E-state index is 0.154. The first kappa shape index (κ1) is 13.1. The standard InChI is InChI=1S/C13H15FN4O/c1-7(9-4-3-5-10(14)6-9)16-13(19)11-8(2)17-18-12(11)15/h3-7H,1-2H3,(H,16,19)(H3,15,17,18). The van der Waals surface area contributed by atoms with Crippen LogP contribution in [0.3, 0.4) is 0 Å². The number of anilines is 1. The molecule has 0 spiro atoms. The van der Waals surface area contributed by atoms with Gasteiger partial charge in [-0.2, -0.15) is 5.10 Å². The van der Waals surface area contributed by atoms with E-state index in [1.54, 1.807) is 26.0 Å². The van der Waals surface area contributed by atoms with Crippen LogP contribution in [-0.4, -0.2) is 16.1 Å². The van der Waals surface area contributed by atoms with Crippen LogP contribution in [0.5, 0.6) is 0 Å². The number of nitrogens with two attached hydrogens (primary N) is 1. The fraction of sp³-hybridized carbons (Fsp3) is 0.231. The summed E-state index contributed by atoms with van der Waals surface area (Å²) in [4.78, 5) is 12.1. The van der Waals surface area contributed by atoms with Crippen LogP contribution >= 0.6 is 0 Å². The first-order chi connectivity index (χ1) is 8.99. The van der Waals surface area contributed by atoms with Crippen LogP contribution in [0.15, 0.2) is 24.3 Å². The normalized spacial score (nSPS) is 12.2. The molecule has 0 fully saturated rings. The summed E-state index contributed by atoms with van der Waals surface area (Å²) in [5.74, 6) is -0.514. The molecule has 1 amide bonds. The van der Waals surface area contributed by atoms with Gasteiger partial charge in [0.1, 0.15) is 11.4 Å². The molecule has 0 bridgehead atoms. The van der Waals surface area contributed by atoms with E-state index in [2.05, 4.69) is 15.5 Å². The van der Waals surface area contributed by atoms with Crippen molar-refractivity contribution < 1.29 is 9.18 Å². The molecule has 6 heteroatoms. The van der Waals surface area contributed by atoms with Crippen molar-refractivity contribution in [3.8, 4) is 0 Å². The molecule has 19 heavy (non-hydrogen) atoms. The predicted molar refractivity (Wildman–Crippen MR) is 70.0 cm³/mol. The summed E-state index contributed by atoms with van der Waals surface area (Å²) in [6.07, 6.45) is 0. The zero-order chi connectivity index (χ0) is 14.0. The molecule has 4 N–H and O–H groups in total. The van der Waals surface area contributed by atoms with Gasteiger partial charge < -0.3 is 11.1 Å². The number of nitrogens with one attached hydrogen (secondary N) is 2. The zero-order valence-electron chi connectivity index (χ0n) is 10.7. The van der Waals surface area contributed by atoms with Crippen molar-refractivity contribution in [2.75, 3.05) is 5.73 Å². The van der Waals surface area contributed by atoms with E-state index >= 15 is 0 Å². The van der Waals surface area contributed by atoms with Gasteiger partial charge in [-0.1, -0.05) is 12.1 Å². The minimum atomic E-state index is -0.336. The monoisotopic (exact) mass is 262 g/mol. The number of nitrogens with zero attached hydrogens (tertiary/aromatic N) is 1. The Morgan fingerprint density at radius 3 is 2.84 bits per heavy atom. The van der Waals surface area contributed by atoms with E-state index in [-0.39, 0.29) is 23.6 Å². The molecule has 0 saturated heterocycles. The lowest BCUT2D eigenvalue weighted by molar-refractivity contribution is 0.0940. The molecule has 1 aromatic carbocycles. The summed E-state index contributed by atoms with van der Waals surface area (Å²) in [6, 6.07) is 5.77. The smallest absolute Gasteiger partial charge is 0.257 e. The first-order valence-electron chi connectivity index (χ1n) is 5.86. The van der Waals surface area contributed by atoms with Crippen molar-refractivity contribution in [2.24, 2.45) is 0 Å². The highest BCUT2D eigenvalue weighted by atomic mass is 19.1. The van der Waals surface area contributed by atoms with E-state index in [9.17, 15) is 9.18 Å². The number of aryl methyl sites for hydroxylation is 1. The Kier molecular flexibility index (Phi) is 3.50. The van der Waals surface area contributed by atoms with Crippen LogP contribution in [0.25, 0.3) is 0 Å². The number of hydrogen-bond donors (Lipinski definition) is 3. The summed E-state index contributed by atoms with van der Waals surface area (Å²) >= 11 is 0. The molecule has 0 saturated carbocycles. The molecule has 100 valence electrons. The Bertz CT molecular complexity index is 589. The number of halogens is 1. The molecular weight excluding hydrogens is 247 g/mol. The van der Waals surface area contributed by atoms with Crippen LogP contribution in [0.4, 0.5) is 10.2 Å². The second-order valence-corrected chi connectivity index (χ2v) is 4.36. The van der Waals surface area contributed by atoms with Gasteiger partial charge in [-0.05, 0) is 31.5 Å². The van der Waals surface area contributed by atoms with Crippen LogP contribution in [0.2, 0.25) is 0 Å². The van der Waals surface area contributed by atoms with Gasteiger partial charge in [0.2, 0.25) is 0 Å². The molecule has 0 aliphatic rings. The highest BCUT2D eigenvalue weighted by Gasteiger charge is 2.18. The fourth-order valence-electron chi connectivity index (χ4n) is 1.86. The number of H-pyrrole nitrogens is 1. The largest absolute Gasteiger partial charge is 0.382 e. The lowest BCUT2D eigenvalue weighted by Gasteiger charge is -2.14. The van der Waals surface area contributed by atoms with Crippen LogP contribution in [0.1, 0.15) is 34.6 Å². The van der Waals surface area contributed by atoms with Crippen molar-refractivity contribution in [3.63, 3.8) is 0 Å². The van der Waals surface area contributed by atoms with E-state index in [4.69, 9.17) is 5.73 Å². The van der Waals surface area contributed by atoms with Crippen molar-refractivity contribution in [1.29, 1.82) is 0 Å². The van der Waals surface area contributed by atoms with Gasteiger partial charge in [-0.25, -0.2) is 4.39 Å². The maximum Gasteiger partial charge on any atom is 0.257 e. The molecule has 1 atom stereocenters. The second-order valence-electron chi connectivity index (χ2n) is 4.36. The van der Waals surface area contributed by atoms with E-state index in [0.717, 1.165) is 0 Å². The summed E-state index contributed by atoms with van der Waals surface area (Å²) in [5.41, 5.74) is 7.23. The van der Waals surface area contributed by atoms with Gasteiger partial charge in [0.15, 0.2) is 5.82 Å². The highest BCUT2D eigenvalue weighted by Crippen LogP contribution is 2.17. The number of benzene rings is 1. The van der Waals surface area contributed by atoms with Gasteiger partial charge in [0, 0.05) is 5.69 Å². The minimum Gasteiger partial charge on any atom is -0.382 e. The van der Waals surface area contributed by atoms with Crippen LogP contribution in [0, 0.1) is 12.7 Å². The van der Waals surface area contributed by atoms with E-state index in [1.165, 1.54) is 12.1 Å². The number of carbonyl (C=O) groups excluding carboxylic acids is 1. The maximum absolute atomic E-state index is 13.1. The SMILES string of the molecule is Cc1[nH]nc(N)c1C(=O)NC(C)c1cccc(F)c1. The third-order valence-electron chi connectivity index (χ3n) is 2.90. The second kappa shape index (κ2) is 5.09. The van der Waals surface area contributed by atoms with Gasteiger partial charge in [0.05, 0.1) is 6.04 Å². The molecule has 1 unspecified atom stereocenters. The predicted octanol–water partition coefficient (Wildman–Crippen LogP) is 1.93. The van der Waals surface area contributed by atoms with Crippen molar-refractivity contribution in [1.82, 2.24) is 15.5 Å². The number of hydrogen-bond acceptors (Lipinski definition) is 3. The molecular formula is C13H15FN4O. The number of aromatic nitrogens is 2. The Hall–Kier alpha value is -2.37. The van der Waals surface area contributed by atoms with Gasteiger partial charge in [0.25, 0.3) is 5.91 Å². The van der Waals surface area contributed by atoms with Crippen LogP contribution < -0.4 is 11.1 Å². The Morgan fingerprint density at radius 1 is 1.53 bits per heavy atom. The Labute approximate surface area is 110 Å². The molecule has 1 heterocycles. The van der Waals surface area contributed by atoms with Crippen molar-refractivity contribution >= 4 is 11.7 Å². The zero-order valence-corrected chi connectivity index (χ0v) is 10.7. The van der Waals surface area contributed by atoms with Gasteiger partial charge >= 0.3 is 0 Å². The van der Waals surface area contributed by atoms with Gasteiger partial charge in [-0.3, -0.25) is 9.89 Å². The fourth-order valence-corrected chi connectivity index (χ4v) is 1.86. The highest BCUT2D eigenvalue weighted by molar-refractivity contribution is 5.99. The molecule has 2 aromatic rings. The summed E-state index contributed by atoms with van der Waals surface area (Å²) < 4.78 is 13.1. The number of carbonyl (C=O) groups is 1. The average Bonchev–Trinajstić information content (AvgIpc) is 2.69.